The number of hydrogen-bond donors (Lipinski definition) is 0. The molecule has 0 N–H and O–H groups in total. The summed E-state index contributed by atoms with van der Waals surface area (Å²) in [6, 6.07) is 17.2. The van der Waals surface area contributed by atoms with Gasteiger partial charge < -0.3 is 4.90 Å². The summed E-state index contributed by atoms with van der Waals surface area (Å²) < 4.78 is 0. The van der Waals surface area contributed by atoms with E-state index in [4.69, 9.17) is 0 Å². The van der Waals surface area contributed by atoms with Crippen molar-refractivity contribution in [2.24, 2.45) is 0 Å². The number of carbonyl (C=O) groups excluding carboxylic acids is 2. The van der Waals surface area contributed by atoms with E-state index in [0.29, 0.717) is 11.1 Å². The fraction of sp³-hybridized carbons (Fsp3) is 0.176. The van der Waals surface area contributed by atoms with Gasteiger partial charge >= 0.3 is 0 Å². The van der Waals surface area contributed by atoms with Crippen molar-refractivity contribution in [3.8, 4) is 0 Å². The predicted octanol–water partition coefficient (Wildman–Crippen LogP) is 3.35. The van der Waals surface area contributed by atoms with E-state index < -0.39 is 11.6 Å². The van der Waals surface area contributed by atoms with Crippen molar-refractivity contribution in [1.29, 1.82) is 0 Å². The minimum absolute atomic E-state index is 0. The number of benzene rings is 2. The van der Waals surface area contributed by atoms with Crippen LogP contribution in [0.25, 0.3) is 0 Å². The smallest absolute Gasteiger partial charge is 0.233 e. The van der Waals surface area contributed by atoms with Crippen LogP contribution in [0.1, 0.15) is 20.7 Å². The molecule has 0 unspecified atom stereocenters. The van der Waals surface area contributed by atoms with E-state index in [9.17, 15) is 9.59 Å². The highest BCUT2D eigenvalue weighted by Gasteiger charge is 2.16. The summed E-state index contributed by atoms with van der Waals surface area (Å²) in [5.41, 5.74) is 0.854. The van der Waals surface area contributed by atoms with Gasteiger partial charge in [0.1, 0.15) is 0 Å². The Balaban J connectivity index is 0.000000715. The molecule has 0 aliphatic carbocycles. The largest absolute Gasteiger partial charge is 0.312 e. The second-order valence-electron chi connectivity index (χ2n) is 4.73. The fourth-order valence-electron chi connectivity index (χ4n) is 1.44. The summed E-state index contributed by atoms with van der Waals surface area (Å²) >= 11 is 0. The molecule has 0 heterocycles. The van der Waals surface area contributed by atoms with Crippen molar-refractivity contribution in [3.63, 3.8) is 0 Å². The SMILES string of the molecule is CN(C)C.Cl.O=C(C(=O)c1ccccc1)c1ccccc1. The molecule has 2 aromatic carbocycles. The van der Waals surface area contributed by atoms with E-state index in [2.05, 4.69) is 0 Å². The van der Waals surface area contributed by atoms with Gasteiger partial charge in [-0.05, 0) is 21.1 Å². The van der Waals surface area contributed by atoms with Crippen LogP contribution in [0.2, 0.25) is 0 Å². The minimum atomic E-state index is -0.466. The van der Waals surface area contributed by atoms with Crippen molar-refractivity contribution in [2.45, 2.75) is 0 Å². The van der Waals surface area contributed by atoms with Gasteiger partial charge in [-0.15, -0.1) is 12.4 Å². The Morgan fingerprint density at radius 1 is 0.667 bits per heavy atom. The van der Waals surface area contributed by atoms with Crippen LogP contribution < -0.4 is 0 Å². The van der Waals surface area contributed by atoms with Crippen molar-refractivity contribution < 1.29 is 9.59 Å². The molecule has 2 rings (SSSR count). The zero-order valence-corrected chi connectivity index (χ0v) is 13.3. The van der Waals surface area contributed by atoms with Crippen LogP contribution in [-0.4, -0.2) is 37.6 Å². The molecule has 0 saturated carbocycles. The molecule has 0 amide bonds. The molecule has 0 aromatic heterocycles. The van der Waals surface area contributed by atoms with Gasteiger partial charge in [-0.1, -0.05) is 60.7 Å². The molecule has 0 atom stereocenters. The van der Waals surface area contributed by atoms with Crippen LogP contribution in [0, 0.1) is 0 Å². The molecular formula is C17H20ClNO2. The fourth-order valence-corrected chi connectivity index (χ4v) is 1.44. The lowest BCUT2D eigenvalue weighted by atomic mass is 10.0. The Kier molecular flexibility index (Phi) is 8.93. The average molecular weight is 306 g/mol. The molecule has 3 nitrogen and oxygen atoms in total. The molecule has 0 radical (unpaired) electrons. The number of hydrogen-bond acceptors (Lipinski definition) is 3. The maximum Gasteiger partial charge on any atom is 0.233 e. The maximum absolute atomic E-state index is 11.8. The third-order valence-corrected chi connectivity index (χ3v) is 2.28. The molecule has 0 aliphatic rings. The highest BCUT2D eigenvalue weighted by molar-refractivity contribution is 6.49. The van der Waals surface area contributed by atoms with Crippen molar-refractivity contribution in [1.82, 2.24) is 4.90 Å². The van der Waals surface area contributed by atoms with Gasteiger partial charge in [0.25, 0.3) is 0 Å². The standard InChI is InChI=1S/C14H10O2.C3H9N.ClH/c15-13(11-7-3-1-4-8-11)14(16)12-9-5-2-6-10-12;1-4(2)3;/h1-10H;1-3H3;1H. The van der Waals surface area contributed by atoms with E-state index in [-0.39, 0.29) is 12.4 Å². The molecule has 2 aromatic rings. The highest BCUT2D eigenvalue weighted by Crippen LogP contribution is 2.07. The Hall–Kier alpha value is -1.97. The number of ketones is 2. The van der Waals surface area contributed by atoms with Gasteiger partial charge in [-0.3, -0.25) is 9.59 Å². The van der Waals surface area contributed by atoms with Gasteiger partial charge in [0.2, 0.25) is 11.6 Å². The lowest BCUT2D eigenvalue weighted by molar-refractivity contribution is 0.0817. The first kappa shape index (κ1) is 19.0. The zero-order valence-electron chi connectivity index (χ0n) is 12.4. The summed E-state index contributed by atoms with van der Waals surface area (Å²) in [5, 5.41) is 0. The summed E-state index contributed by atoms with van der Waals surface area (Å²) in [5.74, 6) is -0.932. The average Bonchev–Trinajstić information content (AvgIpc) is 2.47. The topological polar surface area (TPSA) is 37.4 Å². The summed E-state index contributed by atoms with van der Waals surface area (Å²) in [7, 11) is 6.00. The molecular weight excluding hydrogens is 286 g/mol. The number of nitrogens with zero attached hydrogens (tertiary/aromatic N) is 1. The van der Waals surface area contributed by atoms with Gasteiger partial charge in [-0.25, -0.2) is 0 Å². The van der Waals surface area contributed by atoms with Gasteiger partial charge in [-0.2, -0.15) is 0 Å². The maximum atomic E-state index is 11.8. The third-order valence-electron chi connectivity index (χ3n) is 2.28. The number of halogens is 1. The second-order valence-corrected chi connectivity index (χ2v) is 4.73. The van der Waals surface area contributed by atoms with Crippen LogP contribution >= 0.6 is 12.4 Å². The van der Waals surface area contributed by atoms with E-state index >= 15 is 0 Å². The number of carbonyl (C=O) groups is 2. The Morgan fingerprint density at radius 2 is 0.905 bits per heavy atom. The molecule has 0 saturated heterocycles. The summed E-state index contributed by atoms with van der Waals surface area (Å²) in [4.78, 5) is 25.6. The van der Waals surface area contributed by atoms with Gasteiger partial charge in [0, 0.05) is 11.1 Å². The Bertz CT molecular complexity index is 501. The molecule has 4 heteroatoms. The van der Waals surface area contributed by atoms with Gasteiger partial charge in [0.05, 0.1) is 0 Å². The third kappa shape index (κ3) is 6.84. The second kappa shape index (κ2) is 9.86. The first-order valence-electron chi connectivity index (χ1n) is 6.32. The van der Waals surface area contributed by atoms with Crippen LogP contribution in [0.4, 0.5) is 0 Å². The van der Waals surface area contributed by atoms with Crippen LogP contribution in [0.3, 0.4) is 0 Å². The van der Waals surface area contributed by atoms with Crippen LogP contribution in [-0.2, 0) is 0 Å². The lowest BCUT2D eigenvalue weighted by Gasteiger charge is -1.99. The monoisotopic (exact) mass is 305 g/mol. The van der Waals surface area contributed by atoms with Crippen molar-refractivity contribution in [3.05, 3.63) is 71.8 Å². The van der Waals surface area contributed by atoms with E-state index in [1.165, 1.54) is 0 Å². The minimum Gasteiger partial charge on any atom is -0.312 e. The molecule has 0 bridgehead atoms. The van der Waals surface area contributed by atoms with E-state index in [0.717, 1.165) is 0 Å². The molecule has 21 heavy (non-hydrogen) atoms. The normalized spacial score (nSPS) is 9.14. The number of Topliss-reactive ketones (excluding diaryl/α,β-unsaturated/α-hetero) is 2. The Morgan fingerprint density at radius 3 is 1.14 bits per heavy atom. The summed E-state index contributed by atoms with van der Waals surface area (Å²) in [6.45, 7) is 0. The lowest BCUT2D eigenvalue weighted by Crippen LogP contribution is -2.14. The number of rotatable bonds is 3. The van der Waals surface area contributed by atoms with Gasteiger partial charge in [0.15, 0.2) is 0 Å². The predicted molar refractivity (Wildman–Crippen MR) is 88.4 cm³/mol. The first-order chi connectivity index (χ1) is 9.52. The highest BCUT2D eigenvalue weighted by atomic mass is 35.5. The van der Waals surface area contributed by atoms with Crippen LogP contribution in [0.5, 0.6) is 0 Å². The molecule has 0 fully saturated rings. The zero-order chi connectivity index (χ0) is 15.0. The molecule has 0 spiro atoms. The Labute approximate surface area is 132 Å². The van der Waals surface area contributed by atoms with Crippen molar-refractivity contribution in [2.75, 3.05) is 21.1 Å². The van der Waals surface area contributed by atoms with E-state index in [1.807, 2.05) is 38.2 Å². The first-order valence-corrected chi connectivity index (χ1v) is 6.32. The van der Waals surface area contributed by atoms with Crippen LogP contribution in [0.15, 0.2) is 60.7 Å². The molecule has 112 valence electrons. The molecule has 0 aliphatic heterocycles. The van der Waals surface area contributed by atoms with Crippen molar-refractivity contribution >= 4 is 24.0 Å². The van der Waals surface area contributed by atoms with E-state index in [1.54, 1.807) is 48.5 Å². The quantitative estimate of drug-likeness (QED) is 0.644. The summed E-state index contributed by atoms with van der Waals surface area (Å²) in [6.07, 6.45) is 0.